The summed E-state index contributed by atoms with van der Waals surface area (Å²) in [6.45, 7) is 8.19. The molecule has 1 heterocycles. The smallest absolute Gasteiger partial charge is 0.145 e. The van der Waals surface area contributed by atoms with E-state index in [1.165, 1.54) is 0 Å². The first-order valence-electron chi connectivity index (χ1n) is 5.71. The van der Waals surface area contributed by atoms with Crippen LogP contribution in [0.3, 0.4) is 0 Å². The Morgan fingerprint density at radius 3 is 2.31 bits per heavy atom. The van der Waals surface area contributed by atoms with Gasteiger partial charge in [0.15, 0.2) is 0 Å². The highest BCUT2D eigenvalue weighted by Crippen LogP contribution is 2.22. The van der Waals surface area contributed by atoms with Crippen LogP contribution in [0.4, 0.5) is 5.82 Å². The first-order chi connectivity index (χ1) is 7.56. The van der Waals surface area contributed by atoms with Crippen molar-refractivity contribution in [2.45, 2.75) is 46.1 Å². The summed E-state index contributed by atoms with van der Waals surface area (Å²) >= 11 is 6.03. The molecule has 0 aliphatic carbocycles. The number of anilines is 1. The summed E-state index contributed by atoms with van der Waals surface area (Å²) in [5.41, 5.74) is 1.86. The van der Waals surface area contributed by atoms with Gasteiger partial charge in [-0.05, 0) is 26.7 Å². The predicted molar refractivity (Wildman–Crippen MR) is 69.2 cm³/mol. The van der Waals surface area contributed by atoms with Crippen LogP contribution >= 0.6 is 11.6 Å². The Labute approximate surface area is 103 Å². The zero-order valence-corrected chi connectivity index (χ0v) is 11.2. The average Bonchev–Trinajstić information content (AvgIpc) is 2.31. The van der Waals surface area contributed by atoms with Gasteiger partial charge in [-0.25, -0.2) is 4.98 Å². The molecule has 1 aromatic heterocycles. The van der Waals surface area contributed by atoms with Crippen molar-refractivity contribution in [1.82, 2.24) is 9.97 Å². The van der Waals surface area contributed by atoms with Crippen LogP contribution in [0, 0.1) is 13.8 Å². The third kappa shape index (κ3) is 2.85. The third-order valence-electron chi connectivity index (χ3n) is 3.19. The van der Waals surface area contributed by atoms with E-state index in [-0.39, 0.29) is 5.54 Å². The van der Waals surface area contributed by atoms with E-state index in [1.54, 1.807) is 6.20 Å². The summed E-state index contributed by atoms with van der Waals surface area (Å²) in [7, 11) is 0. The van der Waals surface area contributed by atoms with Gasteiger partial charge in [0, 0.05) is 5.88 Å². The number of hydrogen-bond acceptors (Lipinski definition) is 3. The largest absolute Gasteiger partial charge is 0.362 e. The van der Waals surface area contributed by atoms with Crippen molar-refractivity contribution in [2.24, 2.45) is 0 Å². The van der Waals surface area contributed by atoms with Gasteiger partial charge in [0.25, 0.3) is 0 Å². The molecule has 0 aliphatic heterocycles. The highest BCUT2D eigenvalue weighted by Gasteiger charge is 2.25. The fourth-order valence-electron chi connectivity index (χ4n) is 1.52. The number of aryl methyl sites for hydroxylation is 2. The lowest BCUT2D eigenvalue weighted by atomic mass is 9.95. The van der Waals surface area contributed by atoms with Gasteiger partial charge in [0.1, 0.15) is 5.82 Å². The summed E-state index contributed by atoms with van der Waals surface area (Å²) in [6.07, 6.45) is 3.72. The number of hydrogen-bond donors (Lipinski definition) is 1. The van der Waals surface area contributed by atoms with Crippen LogP contribution in [-0.2, 0) is 0 Å². The van der Waals surface area contributed by atoms with Crippen molar-refractivity contribution in [3.63, 3.8) is 0 Å². The second kappa shape index (κ2) is 5.48. The van der Waals surface area contributed by atoms with Crippen LogP contribution in [0.15, 0.2) is 6.20 Å². The van der Waals surface area contributed by atoms with Crippen molar-refractivity contribution in [2.75, 3.05) is 11.2 Å². The number of nitrogens with zero attached hydrogens (tertiary/aromatic N) is 2. The number of nitrogens with one attached hydrogen (secondary N) is 1. The monoisotopic (exact) mass is 241 g/mol. The van der Waals surface area contributed by atoms with Gasteiger partial charge in [-0.15, -0.1) is 11.6 Å². The average molecular weight is 242 g/mol. The van der Waals surface area contributed by atoms with Crippen LogP contribution < -0.4 is 5.32 Å². The summed E-state index contributed by atoms with van der Waals surface area (Å²) in [5.74, 6) is 1.39. The molecule has 4 heteroatoms. The molecule has 16 heavy (non-hydrogen) atoms. The maximum absolute atomic E-state index is 6.03. The lowest BCUT2D eigenvalue weighted by Gasteiger charge is -2.31. The first-order valence-corrected chi connectivity index (χ1v) is 6.24. The summed E-state index contributed by atoms with van der Waals surface area (Å²) in [5, 5.41) is 3.40. The van der Waals surface area contributed by atoms with Crippen LogP contribution in [0.1, 0.15) is 38.1 Å². The standard InChI is InChI=1S/C12H20ClN3/c1-5-12(6-2,8-13)16-11-7-14-9(3)10(4)15-11/h7H,5-6,8H2,1-4H3,(H,15,16). The van der Waals surface area contributed by atoms with Crippen molar-refractivity contribution in [1.29, 1.82) is 0 Å². The number of halogens is 1. The number of rotatable bonds is 5. The van der Waals surface area contributed by atoms with Gasteiger partial charge in [0.2, 0.25) is 0 Å². The van der Waals surface area contributed by atoms with E-state index >= 15 is 0 Å². The molecule has 0 fully saturated rings. The minimum atomic E-state index is -0.0715. The first kappa shape index (κ1) is 13.2. The van der Waals surface area contributed by atoms with E-state index in [0.717, 1.165) is 30.0 Å². The van der Waals surface area contributed by atoms with Crippen LogP contribution in [0.5, 0.6) is 0 Å². The fourth-order valence-corrected chi connectivity index (χ4v) is 1.97. The van der Waals surface area contributed by atoms with Crippen LogP contribution in [0.2, 0.25) is 0 Å². The Balaban J connectivity index is 2.89. The van der Waals surface area contributed by atoms with Crippen molar-refractivity contribution in [3.8, 4) is 0 Å². The maximum atomic E-state index is 6.03. The Bertz CT molecular complexity index is 340. The Hall–Kier alpha value is -0.830. The summed E-state index contributed by atoms with van der Waals surface area (Å²) < 4.78 is 0. The molecule has 90 valence electrons. The van der Waals surface area contributed by atoms with Gasteiger partial charge in [-0.2, -0.15) is 0 Å². The van der Waals surface area contributed by atoms with E-state index in [2.05, 4.69) is 29.1 Å². The molecule has 1 N–H and O–H groups in total. The van der Waals surface area contributed by atoms with E-state index < -0.39 is 0 Å². The number of aromatic nitrogens is 2. The SMILES string of the molecule is CCC(CC)(CCl)Nc1cnc(C)c(C)n1. The van der Waals surface area contributed by atoms with Crippen molar-refractivity contribution in [3.05, 3.63) is 17.6 Å². The number of alkyl halides is 1. The molecular weight excluding hydrogens is 222 g/mol. The second-order valence-electron chi connectivity index (χ2n) is 4.17. The molecule has 3 nitrogen and oxygen atoms in total. The Morgan fingerprint density at radius 2 is 1.88 bits per heavy atom. The van der Waals surface area contributed by atoms with Gasteiger partial charge in [0.05, 0.1) is 23.1 Å². The molecular formula is C12H20ClN3. The molecule has 0 radical (unpaired) electrons. The molecule has 1 rings (SSSR count). The minimum absolute atomic E-state index is 0.0715. The normalized spacial score (nSPS) is 11.6. The molecule has 0 bridgehead atoms. The van der Waals surface area contributed by atoms with Crippen molar-refractivity contribution < 1.29 is 0 Å². The van der Waals surface area contributed by atoms with E-state index in [9.17, 15) is 0 Å². The lowest BCUT2D eigenvalue weighted by molar-refractivity contribution is 0.482. The fraction of sp³-hybridized carbons (Fsp3) is 0.667. The molecule has 0 unspecified atom stereocenters. The summed E-state index contributed by atoms with van der Waals surface area (Å²) in [4.78, 5) is 8.77. The van der Waals surface area contributed by atoms with Gasteiger partial charge in [-0.3, -0.25) is 4.98 Å². The molecule has 0 atom stereocenters. The molecule has 0 aliphatic rings. The molecule has 1 aromatic rings. The third-order valence-corrected chi connectivity index (χ3v) is 3.71. The summed E-state index contributed by atoms with van der Waals surface area (Å²) in [6, 6.07) is 0. The van der Waals surface area contributed by atoms with E-state index in [1.807, 2.05) is 13.8 Å². The molecule has 0 spiro atoms. The topological polar surface area (TPSA) is 37.8 Å². The quantitative estimate of drug-likeness (QED) is 0.804. The zero-order valence-electron chi connectivity index (χ0n) is 10.5. The Kier molecular flexibility index (Phi) is 4.54. The maximum Gasteiger partial charge on any atom is 0.145 e. The highest BCUT2D eigenvalue weighted by atomic mass is 35.5. The predicted octanol–water partition coefficient (Wildman–Crippen LogP) is 3.30. The van der Waals surface area contributed by atoms with E-state index in [0.29, 0.717) is 5.88 Å². The molecule has 0 amide bonds. The molecule has 0 aromatic carbocycles. The van der Waals surface area contributed by atoms with Crippen LogP contribution in [-0.4, -0.2) is 21.4 Å². The second-order valence-corrected chi connectivity index (χ2v) is 4.44. The Morgan fingerprint density at radius 1 is 1.25 bits per heavy atom. The van der Waals surface area contributed by atoms with Crippen LogP contribution in [0.25, 0.3) is 0 Å². The highest BCUT2D eigenvalue weighted by molar-refractivity contribution is 6.18. The zero-order chi connectivity index (χ0) is 12.2. The van der Waals surface area contributed by atoms with E-state index in [4.69, 9.17) is 11.6 Å². The van der Waals surface area contributed by atoms with Gasteiger partial charge >= 0.3 is 0 Å². The van der Waals surface area contributed by atoms with Crippen molar-refractivity contribution >= 4 is 17.4 Å². The lowest BCUT2D eigenvalue weighted by Crippen LogP contribution is -2.39. The van der Waals surface area contributed by atoms with Gasteiger partial charge < -0.3 is 5.32 Å². The van der Waals surface area contributed by atoms with Gasteiger partial charge in [-0.1, -0.05) is 13.8 Å². The minimum Gasteiger partial charge on any atom is -0.362 e. The molecule has 0 saturated carbocycles. The molecule has 0 saturated heterocycles.